The first-order valence-electron chi connectivity index (χ1n) is 6.20. The monoisotopic (exact) mass is 212 g/mol. The van der Waals surface area contributed by atoms with E-state index in [9.17, 15) is 5.11 Å². The van der Waals surface area contributed by atoms with Gasteiger partial charge in [0.25, 0.3) is 0 Å². The molecule has 4 atom stereocenters. The lowest BCUT2D eigenvalue weighted by Gasteiger charge is -2.51. The summed E-state index contributed by atoms with van der Waals surface area (Å²) in [6, 6.07) is 1.07. The van der Waals surface area contributed by atoms with Crippen molar-refractivity contribution in [2.75, 3.05) is 6.54 Å². The number of hydrogen-bond acceptors (Lipinski definition) is 3. The largest absolute Gasteiger partial charge is 0.392 e. The molecule has 0 spiro atoms. The van der Waals surface area contributed by atoms with Crippen molar-refractivity contribution in [3.8, 4) is 0 Å². The maximum atomic E-state index is 9.68. The third-order valence-corrected chi connectivity index (χ3v) is 4.59. The maximum Gasteiger partial charge on any atom is 0.0621 e. The minimum absolute atomic E-state index is 0.0434. The molecule has 2 saturated carbocycles. The van der Waals surface area contributed by atoms with Gasteiger partial charge in [-0.05, 0) is 31.7 Å². The molecule has 0 aromatic heterocycles. The van der Waals surface area contributed by atoms with Crippen molar-refractivity contribution >= 4 is 0 Å². The van der Waals surface area contributed by atoms with Crippen LogP contribution in [-0.2, 0) is 0 Å². The molecule has 2 fully saturated rings. The molecule has 0 bridgehead atoms. The average Bonchev–Trinajstić information content (AvgIpc) is 2.65. The van der Waals surface area contributed by atoms with Gasteiger partial charge in [0.15, 0.2) is 0 Å². The van der Waals surface area contributed by atoms with E-state index in [0.29, 0.717) is 18.0 Å². The third-order valence-electron chi connectivity index (χ3n) is 4.59. The van der Waals surface area contributed by atoms with Crippen molar-refractivity contribution in [3.63, 3.8) is 0 Å². The molecular weight excluding hydrogens is 188 g/mol. The highest BCUT2D eigenvalue weighted by atomic mass is 16.3. The highest BCUT2D eigenvalue weighted by molar-refractivity contribution is 5.03. The van der Waals surface area contributed by atoms with Crippen LogP contribution in [0.25, 0.3) is 0 Å². The molecule has 4 N–H and O–H groups in total. The summed E-state index contributed by atoms with van der Waals surface area (Å²) >= 11 is 0. The van der Waals surface area contributed by atoms with Crippen molar-refractivity contribution in [1.29, 1.82) is 0 Å². The first kappa shape index (κ1) is 11.4. The Morgan fingerprint density at radius 1 is 1.40 bits per heavy atom. The molecule has 3 nitrogen and oxygen atoms in total. The van der Waals surface area contributed by atoms with E-state index in [1.54, 1.807) is 0 Å². The molecule has 3 heteroatoms. The minimum Gasteiger partial charge on any atom is -0.392 e. The maximum absolute atomic E-state index is 9.68. The van der Waals surface area contributed by atoms with Crippen molar-refractivity contribution in [2.24, 2.45) is 17.1 Å². The number of aliphatic hydroxyl groups is 1. The Morgan fingerprint density at radius 3 is 2.67 bits per heavy atom. The van der Waals surface area contributed by atoms with Crippen LogP contribution in [0.3, 0.4) is 0 Å². The van der Waals surface area contributed by atoms with Crippen LogP contribution in [0, 0.1) is 11.3 Å². The summed E-state index contributed by atoms with van der Waals surface area (Å²) in [7, 11) is 0. The van der Waals surface area contributed by atoms with Crippen LogP contribution < -0.4 is 11.1 Å². The quantitative estimate of drug-likeness (QED) is 0.650. The van der Waals surface area contributed by atoms with Gasteiger partial charge in [0.05, 0.1) is 6.10 Å². The number of rotatable bonds is 3. The molecule has 2 rings (SSSR count). The van der Waals surface area contributed by atoms with E-state index in [4.69, 9.17) is 5.73 Å². The average molecular weight is 212 g/mol. The number of nitrogens with one attached hydrogen (secondary N) is 1. The minimum atomic E-state index is -0.132. The molecule has 0 saturated heterocycles. The standard InChI is InChI=1S/C12H24N2O/c1-12(2)10(6-11(12)15)14-9-5-3-4-8(9)7-13/h8-11,14-15H,3-7,13H2,1-2H3. The topological polar surface area (TPSA) is 58.3 Å². The van der Waals surface area contributed by atoms with Gasteiger partial charge < -0.3 is 16.2 Å². The SMILES string of the molecule is CC1(C)C(O)CC1NC1CCCC1CN. The van der Waals surface area contributed by atoms with Gasteiger partial charge in [-0.25, -0.2) is 0 Å². The second-order valence-corrected chi connectivity index (χ2v) is 5.83. The smallest absolute Gasteiger partial charge is 0.0621 e. The summed E-state index contributed by atoms with van der Waals surface area (Å²) in [5.74, 6) is 0.651. The molecule has 0 aromatic rings. The van der Waals surface area contributed by atoms with Gasteiger partial charge in [0.2, 0.25) is 0 Å². The van der Waals surface area contributed by atoms with Crippen LogP contribution in [-0.4, -0.2) is 29.8 Å². The van der Waals surface area contributed by atoms with E-state index in [1.807, 2.05) is 0 Å². The van der Waals surface area contributed by atoms with E-state index in [-0.39, 0.29) is 11.5 Å². The zero-order chi connectivity index (χ0) is 11.1. The summed E-state index contributed by atoms with van der Waals surface area (Å²) < 4.78 is 0. The van der Waals surface area contributed by atoms with Crippen molar-refractivity contribution in [2.45, 2.75) is 57.7 Å². The normalized spacial score (nSPS) is 44.0. The van der Waals surface area contributed by atoms with Crippen LogP contribution >= 0.6 is 0 Å². The summed E-state index contributed by atoms with van der Waals surface area (Å²) in [5, 5.41) is 13.4. The Morgan fingerprint density at radius 2 is 2.13 bits per heavy atom. The number of aliphatic hydroxyl groups excluding tert-OH is 1. The lowest BCUT2D eigenvalue weighted by Crippen LogP contribution is -2.62. The van der Waals surface area contributed by atoms with Crippen LogP contribution in [0.4, 0.5) is 0 Å². The predicted octanol–water partition coefficient (Wildman–Crippen LogP) is 0.863. The van der Waals surface area contributed by atoms with Crippen LogP contribution in [0.2, 0.25) is 0 Å². The zero-order valence-electron chi connectivity index (χ0n) is 9.87. The molecule has 2 aliphatic carbocycles. The molecule has 0 radical (unpaired) electrons. The van der Waals surface area contributed by atoms with E-state index >= 15 is 0 Å². The Bertz CT molecular complexity index is 230. The first-order chi connectivity index (χ1) is 7.05. The van der Waals surface area contributed by atoms with Gasteiger partial charge in [0, 0.05) is 17.5 Å². The molecule has 2 aliphatic rings. The Balaban J connectivity index is 1.87. The number of nitrogens with two attached hydrogens (primary N) is 1. The van der Waals surface area contributed by atoms with Gasteiger partial charge in [0.1, 0.15) is 0 Å². The van der Waals surface area contributed by atoms with E-state index < -0.39 is 0 Å². The first-order valence-corrected chi connectivity index (χ1v) is 6.20. The van der Waals surface area contributed by atoms with Crippen molar-refractivity contribution in [1.82, 2.24) is 5.32 Å². The Hall–Kier alpha value is -0.120. The molecular formula is C12H24N2O. The van der Waals surface area contributed by atoms with E-state index in [2.05, 4.69) is 19.2 Å². The second kappa shape index (κ2) is 4.04. The van der Waals surface area contributed by atoms with Crippen LogP contribution in [0.5, 0.6) is 0 Å². The summed E-state index contributed by atoms with van der Waals surface area (Å²) in [4.78, 5) is 0. The van der Waals surface area contributed by atoms with Crippen LogP contribution in [0.1, 0.15) is 39.5 Å². The fourth-order valence-corrected chi connectivity index (χ4v) is 2.98. The summed E-state index contributed by atoms with van der Waals surface area (Å²) in [6.07, 6.45) is 4.59. The highest BCUT2D eigenvalue weighted by Crippen LogP contribution is 2.41. The molecule has 0 aliphatic heterocycles. The fraction of sp³-hybridized carbons (Fsp3) is 1.00. The third kappa shape index (κ3) is 1.93. The molecule has 0 amide bonds. The van der Waals surface area contributed by atoms with Gasteiger partial charge in [-0.3, -0.25) is 0 Å². The summed E-state index contributed by atoms with van der Waals surface area (Å²) in [6.45, 7) is 5.09. The predicted molar refractivity (Wildman–Crippen MR) is 61.5 cm³/mol. The second-order valence-electron chi connectivity index (χ2n) is 5.83. The van der Waals surface area contributed by atoms with Gasteiger partial charge >= 0.3 is 0 Å². The molecule has 0 heterocycles. The van der Waals surface area contributed by atoms with E-state index in [1.165, 1.54) is 19.3 Å². The molecule has 4 unspecified atom stereocenters. The van der Waals surface area contributed by atoms with Crippen molar-refractivity contribution < 1.29 is 5.11 Å². The fourth-order valence-electron chi connectivity index (χ4n) is 2.98. The molecule has 88 valence electrons. The van der Waals surface area contributed by atoms with Crippen LogP contribution in [0.15, 0.2) is 0 Å². The van der Waals surface area contributed by atoms with Gasteiger partial charge in [-0.2, -0.15) is 0 Å². The summed E-state index contributed by atoms with van der Waals surface area (Å²) in [5.41, 5.74) is 5.81. The molecule has 15 heavy (non-hydrogen) atoms. The van der Waals surface area contributed by atoms with E-state index in [0.717, 1.165) is 13.0 Å². The Labute approximate surface area is 92.4 Å². The van der Waals surface area contributed by atoms with Gasteiger partial charge in [-0.1, -0.05) is 20.3 Å². The van der Waals surface area contributed by atoms with Gasteiger partial charge in [-0.15, -0.1) is 0 Å². The molecule has 0 aromatic carbocycles. The number of hydrogen-bond donors (Lipinski definition) is 3. The lowest BCUT2D eigenvalue weighted by molar-refractivity contribution is -0.0770. The zero-order valence-corrected chi connectivity index (χ0v) is 9.87. The van der Waals surface area contributed by atoms with Crippen molar-refractivity contribution in [3.05, 3.63) is 0 Å². The lowest BCUT2D eigenvalue weighted by atomic mass is 9.64. The highest BCUT2D eigenvalue weighted by Gasteiger charge is 2.48. The Kier molecular flexibility index (Phi) is 3.06.